The second-order valence-electron chi connectivity index (χ2n) is 0.202. The van der Waals surface area contributed by atoms with E-state index >= 15 is 0 Å². The van der Waals surface area contributed by atoms with Gasteiger partial charge in [-0.1, -0.05) is 4.48 Å². The Morgan fingerprint density at radius 3 is 2.75 bits per heavy atom. The smallest absolute Gasteiger partial charge is 0.242 e. The molecule has 4 heteroatoms. The van der Waals surface area contributed by atoms with Gasteiger partial charge in [0.15, 0.2) is 0 Å². The molecule has 0 aliphatic carbocycles. The molecule has 0 aromatic carbocycles. The Morgan fingerprint density at radius 2 is 2.75 bits per heavy atom. The van der Waals surface area contributed by atoms with Crippen LogP contribution in [-0.4, -0.2) is 8.71 Å². The van der Waals surface area contributed by atoms with E-state index in [9.17, 15) is 4.48 Å². The van der Waals surface area contributed by atoms with Gasteiger partial charge in [-0.2, -0.15) is 0 Å². The fourth-order valence-corrected chi connectivity index (χ4v) is 0. The van der Waals surface area contributed by atoms with Crippen LogP contribution in [0.15, 0.2) is 0 Å². The Labute approximate surface area is 38.1 Å². The Bertz CT molecular complexity index is 25.6. The Hall–Kier alpha value is 0.580. The fraction of sp³-hybridized carbons (Fsp3) is 0. The number of hydrogen-bond donors (Lipinski definition) is 1. The van der Waals surface area contributed by atoms with Crippen LogP contribution in [0.2, 0.25) is 1.43 Å². The second kappa shape index (κ2) is 1.86. The van der Waals surface area contributed by atoms with Crippen LogP contribution < -0.4 is 0 Å². The molecule has 0 aliphatic rings. The molecular weight excluding hydrogens is 176 g/mol. The molecule has 0 amide bonds. The molecule has 0 fully saturated rings. The van der Waals surface area contributed by atoms with Gasteiger partial charge >= 0.3 is 0 Å². The molecule has 0 unspecified atom stereocenters. The monoisotopic (exact) mass is 178 g/mol. The summed E-state index contributed by atoms with van der Waals surface area (Å²) in [5.41, 5.74) is 0. The molecule has 26 valence electrons. The lowest BCUT2D eigenvalue weighted by atomic mass is 13.4. The summed E-state index contributed by atoms with van der Waals surface area (Å²) in [4.78, 5) is 0. The summed E-state index contributed by atoms with van der Waals surface area (Å²) in [6.45, 7) is 0. The third kappa shape index (κ3) is 19.1. The molecule has 2 nitrogen and oxygen atoms in total. The highest BCUT2D eigenvalue weighted by atomic mass is 127. The topological polar surface area (TPSA) is 23.5 Å². The van der Waals surface area contributed by atoms with Crippen LogP contribution in [-0.2, 0) is 0 Å². The molecule has 0 aromatic heterocycles. The van der Waals surface area contributed by atoms with Crippen molar-refractivity contribution in [3.8, 4) is 0 Å². The lowest BCUT2D eigenvalue weighted by molar-refractivity contribution is -0.114. The molecule has 1 N–H and O–H groups in total. The molecule has 0 spiro atoms. The van der Waals surface area contributed by atoms with Gasteiger partial charge in [0.25, 0.3) is 0 Å². The van der Waals surface area contributed by atoms with Gasteiger partial charge in [-0.05, 0) is 0 Å². The molecule has 0 radical (unpaired) electrons. The van der Waals surface area contributed by atoms with Crippen molar-refractivity contribution in [1.82, 2.24) is 3.50 Å². The van der Waals surface area contributed by atoms with Crippen LogP contribution in [0.4, 0.5) is 4.48 Å². The summed E-state index contributed by atoms with van der Waals surface area (Å²) >= 11 is 1.16. The summed E-state index contributed by atoms with van der Waals surface area (Å²) < 4.78 is 16.3. The molecule has 0 saturated carbocycles. The number of halogens is 2. The van der Waals surface area contributed by atoms with Gasteiger partial charge in [-0.25, -0.2) is 0 Å². The van der Waals surface area contributed by atoms with Gasteiger partial charge in [-0.15, -0.1) is 0 Å². The van der Waals surface area contributed by atoms with E-state index in [0.717, 1.165) is 22.9 Å². The van der Waals surface area contributed by atoms with Crippen molar-refractivity contribution in [1.29, 1.82) is 0 Å². The van der Waals surface area contributed by atoms with Crippen molar-refractivity contribution in [3.63, 3.8) is 0 Å². The van der Waals surface area contributed by atoms with E-state index in [-0.39, 0.29) is 3.50 Å². The normalized spacial score (nSPS) is 12.2. The van der Waals surface area contributed by atoms with Crippen molar-refractivity contribution in [2.45, 2.75) is 0 Å². The van der Waals surface area contributed by atoms with Gasteiger partial charge in [0.05, 0.1) is 22.9 Å². The van der Waals surface area contributed by atoms with Crippen LogP contribution in [0.5, 0.6) is 0 Å². The first-order valence-corrected chi connectivity index (χ1v) is 1.49. The highest BCUT2D eigenvalue weighted by molar-refractivity contribution is 14.1. The maximum atomic E-state index is 10.8. The van der Waals surface area contributed by atoms with E-state index in [2.05, 4.69) is 5.21 Å². The average molecular weight is 178 g/mol. The second-order valence-corrected chi connectivity index (χ2v) is 0.960. The molecular formula is HFINO. The lowest BCUT2D eigenvalue weighted by Gasteiger charge is -1.77. The minimum absolute atomic E-state index is 0.238. The van der Waals surface area contributed by atoms with E-state index in [0.29, 0.717) is 0 Å². The highest BCUT2D eigenvalue weighted by Crippen LogP contribution is 1.86. The molecule has 4 heavy (non-hydrogen) atoms. The molecule has 0 atom stereocenters. The first kappa shape index (κ1) is 2.80. The summed E-state index contributed by atoms with van der Waals surface area (Å²) in [5, 5.41) is 3.15. The third-order valence-electron chi connectivity index (χ3n) is 0. The van der Waals surface area contributed by atoms with Crippen molar-refractivity contribution < 1.29 is 11.1 Å². The van der Waals surface area contributed by atoms with E-state index in [4.69, 9.17) is 1.43 Å². The van der Waals surface area contributed by atoms with Gasteiger partial charge < -0.3 is 0 Å². The van der Waals surface area contributed by atoms with Crippen LogP contribution in [0.25, 0.3) is 0 Å². The maximum absolute atomic E-state index is 10.8. The van der Waals surface area contributed by atoms with Crippen LogP contribution in [0.3, 0.4) is 0 Å². The van der Waals surface area contributed by atoms with Crippen LogP contribution in [0, 0.1) is 0 Å². The van der Waals surface area contributed by atoms with E-state index in [1.165, 1.54) is 0 Å². The first-order chi connectivity index (χ1) is 2.27. The van der Waals surface area contributed by atoms with Gasteiger partial charge in [0.1, 0.15) is 0 Å². The SMILES string of the molecule is [2H]ON(F)I. The zero-order valence-corrected chi connectivity index (χ0v) is 3.77. The van der Waals surface area contributed by atoms with Crippen LogP contribution in [0.1, 0.15) is 0 Å². The van der Waals surface area contributed by atoms with Crippen molar-refractivity contribution in [3.05, 3.63) is 0 Å². The van der Waals surface area contributed by atoms with Crippen molar-refractivity contribution in [2.75, 3.05) is 0 Å². The Kier molecular flexibility index (Phi) is 1.30. The summed E-state index contributed by atoms with van der Waals surface area (Å²) in [6.07, 6.45) is 0. The summed E-state index contributed by atoms with van der Waals surface area (Å²) in [5.74, 6) is 0. The van der Waals surface area contributed by atoms with E-state index in [1.54, 1.807) is 0 Å². The minimum atomic E-state index is -0.238. The quantitative estimate of drug-likeness (QED) is 0.366. The molecule has 0 rings (SSSR count). The number of rotatable bonds is 1. The number of nitrogens with zero attached hydrogens (tertiary/aromatic N) is 1. The Balaban J connectivity index is 2.54. The summed E-state index contributed by atoms with van der Waals surface area (Å²) in [6, 6.07) is 0. The van der Waals surface area contributed by atoms with Gasteiger partial charge in [-0.3, -0.25) is 5.21 Å². The molecule has 0 aliphatic heterocycles. The molecule has 0 saturated heterocycles. The predicted molar refractivity (Wildman–Crippen MR) is 18.8 cm³/mol. The zero-order valence-electron chi connectivity index (χ0n) is 2.61. The van der Waals surface area contributed by atoms with Crippen LogP contribution >= 0.6 is 22.9 Å². The minimum Gasteiger partial charge on any atom is -0.277 e. The first-order valence-electron chi connectivity index (χ1n) is 0.929. The third-order valence-corrected chi connectivity index (χ3v) is 0. The lowest BCUT2D eigenvalue weighted by Crippen LogP contribution is -1.80. The van der Waals surface area contributed by atoms with E-state index < -0.39 is 0 Å². The van der Waals surface area contributed by atoms with Crippen molar-refractivity contribution in [2.24, 2.45) is 0 Å². The molecule has 0 heterocycles. The largest absolute Gasteiger partial charge is 0.277 e. The van der Waals surface area contributed by atoms with E-state index in [1.807, 2.05) is 0 Å². The van der Waals surface area contributed by atoms with Gasteiger partial charge in [0.2, 0.25) is 1.43 Å². The predicted octanol–water partition coefficient (Wildman–Crippen LogP) is 0.912. The fourth-order valence-electron chi connectivity index (χ4n) is 0. The highest BCUT2D eigenvalue weighted by Gasteiger charge is 1.71. The van der Waals surface area contributed by atoms with Crippen molar-refractivity contribution >= 4 is 22.9 Å². The molecule has 0 aromatic rings. The average Bonchev–Trinajstić information content (AvgIpc) is 1.38. The van der Waals surface area contributed by atoms with Gasteiger partial charge in [0, 0.05) is 3.50 Å². The number of hydrogen-bond acceptors (Lipinski definition) is 2. The molecule has 0 bridgehead atoms. The zero-order chi connectivity index (χ0) is 4.28. The maximum Gasteiger partial charge on any atom is 0.242 e. The Morgan fingerprint density at radius 1 is 2.50 bits per heavy atom. The summed E-state index contributed by atoms with van der Waals surface area (Å²) in [7, 11) is 0. The standard InChI is InChI=1S/FHINO/c1-3(2)4/h4H/i4D.